The lowest BCUT2D eigenvalue weighted by Crippen LogP contribution is -2.08. The lowest BCUT2D eigenvalue weighted by molar-refractivity contribution is 0.0734. The Labute approximate surface area is 228 Å². The van der Waals surface area contributed by atoms with Crippen LogP contribution in [-0.2, 0) is 6.42 Å². The van der Waals surface area contributed by atoms with Crippen LogP contribution in [0.25, 0.3) is 11.4 Å². The quantitative estimate of drug-likeness (QED) is 0.0781. The number of allylic oxidation sites excluding steroid dienone is 1. The third kappa shape index (κ3) is 10.1. The Morgan fingerprint density at radius 3 is 2.26 bits per heavy atom. The number of ether oxygens (including phenoxy) is 2. The van der Waals surface area contributed by atoms with E-state index in [1.165, 1.54) is 44.1 Å². The molecule has 3 rings (SSSR count). The summed E-state index contributed by atoms with van der Waals surface area (Å²) < 4.78 is 11.3. The number of hydrogen-bond donors (Lipinski definition) is 0. The summed E-state index contributed by atoms with van der Waals surface area (Å²) in [5.41, 5.74) is 2.53. The van der Waals surface area contributed by atoms with Gasteiger partial charge in [-0.25, -0.2) is 14.8 Å². The van der Waals surface area contributed by atoms with Crippen LogP contribution in [0.5, 0.6) is 11.5 Å². The molecular formula is C33H42N2O3. The van der Waals surface area contributed by atoms with E-state index in [4.69, 9.17) is 9.47 Å². The van der Waals surface area contributed by atoms with E-state index in [1.807, 2.05) is 42.7 Å². The van der Waals surface area contributed by atoms with Crippen molar-refractivity contribution >= 4 is 5.97 Å². The maximum atomic E-state index is 12.6. The monoisotopic (exact) mass is 514 g/mol. The number of carbonyl (C=O) groups is 1. The fourth-order valence-corrected chi connectivity index (χ4v) is 4.12. The maximum Gasteiger partial charge on any atom is 0.343 e. The van der Waals surface area contributed by atoms with Crippen molar-refractivity contribution in [2.75, 3.05) is 6.61 Å². The first-order chi connectivity index (χ1) is 18.6. The normalized spacial score (nSPS) is 11.6. The molecular weight excluding hydrogens is 472 g/mol. The summed E-state index contributed by atoms with van der Waals surface area (Å²) in [5, 5.41) is 0. The number of nitrogens with zero attached hydrogens (tertiary/aromatic N) is 2. The molecule has 0 bridgehead atoms. The van der Waals surface area contributed by atoms with Gasteiger partial charge in [-0.15, -0.1) is 6.58 Å². The Balaban J connectivity index is 1.42. The van der Waals surface area contributed by atoms with E-state index in [2.05, 4.69) is 30.4 Å². The van der Waals surface area contributed by atoms with Crippen molar-refractivity contribution in [3.63, 3.8) is 0 Å². The molecule has 38 heavy (non-hydrogen) atoms. The van der Waals surface area contributed by atoms with Gasteiger partial charge in [0.1, 0.15) is 11.5 Å². The third-order valence-electron chi connectivity index (χ3n) is 6.80. The average molecular weight is 515 g/mol. The SMILES string of the molecule is C=CCCCCCCOc1ccc(C(=O)Oc2ccc(-c3ncc(CCCCC(C)CC)cn3)cc2)cc1. The molecule has 0 spiro atoms. The number of benzene rings is 2. The largest absolute Gasteiger partial charge is 0.494 e. The zero-order chi connectivity index (χ0) is 27.0. The van der Waals surface area contributed by atoms with Crippen molar-refractivity contribution in [3.05, 3.63) is 84.7 Å². The Hall–Kier alpha value is -3.47. The summed E-state index contributed by atoms with van der Waals surface area (Å²) in [6.45, 7) is 8.98. The summed E-state index contributed by atoms with van der Waals surface area (Å²) in [4.78, 5) is 21.6. The van der Waals surface area contributed by atoms with E-state index in [1.54, 1.807) is 24.3 Å². The van der Waals surface area contributed by atoms with Gasteiger partial charge < -0.3 is 9.47 Å². The van der Waals surface area contributed by atoms with Gasteiger partial charge in [0, 0.05) is 18.0 Å². The van der Waals surface area contributed by atoms with E-state index in [-0.39, 0.29) is 0 Å². The predicted molar refractivity (Wildman–Crippen MR) is 155 cm³/mol. The van der Waals surface area contributed by atoms with Gasteiger partial charge >= 0.3 is 5.97 Å². The van der Waals surface area contributed by atoms with Crippen molar-refractivity contribution in [2.45, 2.75) is 78.1 Å². The molecule has 0 saturated heterocycles. The van der Waals surface area contributed by atoms with Gasteiger partial charge in [-0.3, -0.25) is 0 Å². The minimum atomic E-state index is -0.402. The fraction of sp³-hybridized carbons (Fsp3) is 0.424. The van der Waals surface area contributed by atoms with Crippen molar-refractivity contribution in [3.8, 4) is 22.9 Å². The minimum Gasteiger partial charge on any atom is -0.494 e. The Morgan fingerprint density at radius 2 is 1.58 bits per heavy atom. The zero-order valence-electron chi connectivity index (χ0n) is 23.0. The van der Waals surface area contributed by atoms with Gasteiger partial charge in [-0.05, 0) is 92.1 Å². The molecule has 0 fully saturated rings. The van der Waals surface area contributed by atoms with Crippen molar-refractivity contribution < 1.29 is 14.3 Å². The van der Waals surface area contributed by atoms with Gasteiger partial charge in [-0.2, -0.15) is 0 Å². The fourth-order valence-electron chi connectivity index (χ4n) is 4.12. The topological polar surface area (TPSA) is 61.3 Å². The maximum absolute atomic E-state index is 12.6. The second-order valence-corrected chi connectivity index (χ2v) is 9.95. The summed E-state index contributed by atoms with van der Waals surface area (Å²) in [6.07, 6.45) is 17.3. The molecule has 0 N–H and O–H groups in total. The van der Waals surface area contributed by atoms with E-state index in [0.29, 0.717) is 23.7 Å². The highest BCUT2D eigenvalue weighted by atomic mass is 16.5. The zero-order valence-corrected chi connectivity index (χ0v) is 23.0. The van der Waals surface area contributed by atoms with Crippen LogP contribution in [0.3, 0.4) is 0 Å². The molecule has 202 valence electrons. The minimum absolute atomic E-state index is 0.402. The highest BCUT2D eigenvalue weighted by molar-refractivity contribution is 5.91. The number of aromatic nitrogens is 2. The molecule has 0 aliphatic heterocycles. The lowest BCUT2D eigenvalue weighted by Gasteiger charge is -2.08. The molecule has 0 radical (unpaired) electrons. The molecule has 1 aromatic heterocycles. The van der Waals surface area contributed by atoms with E-state index >= 15 is 0 Å². The smallest absolute Gasteiger partial charge is 0.343 e. The Bertz CT molecular complexity index is 1090. The van der Waals surface area contributed by atoms with Crippen LogP contribution in [0.15, 0.2) is 73.6 Å². The second kappa shape index (κ2) is 16.4. The van der Waals surface area contributed by atoms with Crippen molar-refractivity contribution in [2.24, 2.45) is 5.92 Å². The van der Waals surface area contributed by atoms with Gasteiger partial charge in [0.2, 0.25) is 0 Å². The highest BCUT2D eigenvalue weighted by Crippen LogP contribution is 2.21. The first-order valence-electron chi connectivity index (χ1n) is 14.1. The van der Waals surface area contributed by atoms with Crippen LogP contribution in [0.2, 0.25) is 0 Å². The number of rotatable bonds is 17. The van der Waals surface area contributed by atoms with Gasteiger partial charge in [-0.1, -0.05) is 52.0 Å². The third-order valence-corrected chi connectivity index (χ3v) is 6.80. The number of carbonyl (C=O) groups excluding carboxylic acids is 1. The highest BCUT2D eigenvalue weighted by Gasteiger charge is 2.10. The predicted octanol–water partition coefficient (Wildman–Crippen LogP) is 8.64. The first-order valence-corrected chi connectivity index (χ1v) is 14.1. The number of esters is 1. The summed E-state index contributed by atoms with van der Waals surface area (Å²) in [7, 11) is 0. The van der Waals surface area contributed by atoms with E-state index in [9.17, 15) is 4.79 Å². The first kappa shape index (κ1) is 29.1. The van der Waals surface area contributed by atoms with Crippen LogP contribution in [-0.4, -0.2) is 22.5 Å². The van der Waals surface area contributed by atoms with E-state index < -0.39 is 5.97 Å². The summed E-state index contributed by atoms with van der Waals surface area (Å²) in [5.74, 6) is 2.30. The van der Waals surface area contributed by atoms with Gasteiger partial charge in [0.05, 0.1) is 12.2 Å². The van der Waals surface area contributed by atoms with Gasteiger partial charge in [0.15, 0.2) is 5.82 Å². The number of hydrogen-bond acceptors (Lipinski definition) is 5. The van der Waals surface area contributed by atoms with E-state index in [0.717, 1.165) is 42.9 Å². The number of aryl methyl sites for hydroxylation is 1. The molecule has 0 amide bonds. The Kier molecular flexibility index (Phi) is 12.5. The van der Waals surface area contributed by atoms with Crippen molar-refractivity contribution in [1.29, 1.82) is 0 Å². The molecule has 5 nitrogen and oxygen atoms in total. The molecule has 0 saturated carbocycles. The van der Waals surface area contributed by atoms with Gasteiger partial charge in [0.25, 0.3) is 0 Å². The van der Waals surface area contributed by atoms with Crippen LogP contribution < -0.4 is 9.47 Å². The second-order valence-electron chi connectivity index (χ2n) is 9.95. The van der Waals surface area contributed by atoms with Crippen LogP contribution in [0.1, 0.15) is 87.6 Å². The summed E-state index contributed by atoms with van der Waals surface area (Å²) >= 11 is 0. The molecule has 1 atom stereocenters. The lowest BCUT2D eigenvalue weighted by atomic mass is 10.00. The molecule has 1 heterocycles. The number of unbranched alkanes of at least 4 members (excludes halogenated alkanes) is 5. The molecule has 0 aliphatic rings. The average Bonchev–Trinajstić information content (AvgIpc) is 2.96. The van der Waals surface area contributed by atoms with Crippen LogP contribution >= 0.6 is 0 Å². The van der Waals surface area contributed by atoms with Crippen molar-refractivity contribution in [1.82, 2.24) is 9.97 Å². The molecule has 1 unspecified atom stereocenters. The molecule has 5 heteroatoms. The Morgan fingerprint density at radius 1 is 0.895 bits per heavy atom. The van der Waals surface area contributed by atoms with Crippen LogP contribution in [0.4, 0.5) is 0 Å². The standard InChI is InChI=1S/C33H42N2O3/c1-4-6-7-8-9-12-23-37-30-19-17-29(18-20-30)33(36)38-31-21-15-28(16-22-31)32-34-24-27(25-35-32)14-11-10-13-26(3)5-2/h4,15-22,24-26H,1,5-14,23H2,2-3H3. The van der Waals surface area contributed by atoms with Crippen LogP contribution in [0, 0.1) is 5.92 Å². The summed E-state index contributed by atoms with van der Waals surface area (Å²) in [6, 6.07) is 14.4. The molecule has 3 aromatic rings. The molecule has 2 aromatic carbocycles. The molecule has 0 aliphatic carbocycles.